The third-order valence-corrected chi connectivity index (χ3v) is 5.19. The lowest BCUT2D eigenvalue weighted by molar-refractivity contribution is 0.107. The molecule has 1 saturated heterocycles. The Morgan fingerprint density at radius 2 is 1.83 bits per heavy atom. The average Bonchev–Trinajstić information content (AvgIpc) is 2.79. The second kappa shape index (κ2) is 8.21. The molecule has 0 radical (unpaired) electrons. The number of H-pyrrole nitrogens is 1. The number of anilines is 3. The van der Waals surface area contributed by atoms with E-state index in [4.69, 9.17) is 19.4 Å². The number of nitrogens with one attached hydrogen (secondary N) is 2. The van der Waals surface area contributed by atoms with Crippen molar-refractivity contribution in [3.63, 3.8) is 0 Å². The van der Waals surface area contributed by atoms with E-state index < -0.39 is 0 Å². The molecule has 0 atom stereocenters. The molecular formula is C21H22N6O3. The standard InChI is InChI=1S/C21H22N6O3/c28-18-5-7-22-21(25-18)23-15-3-1-14(2-4-15)19-24-17-6-10-30-13-16(17)20(26-19)27-8-11-29-12-9-27/h1-5,7H,6,8-13H2,(H2,22,23,25,28). The summed E-state index contributed by atoms with van der Waals surface area (Å²) in [6.07, 6.45) is 2.25. The van der Waals surface area contributed by atoms with E-state index in [-0.39, 0.29) is 5.56 Å². The van der Waals surface area contributed by atoms with Gasteiger partial charge in [0.1, 0.15) is 5.82 Å². The van der Waals surface area contributed by atoms with E-state index in [0.29, 0.717) is 38.2 Å². The molecule has 4 heterocycles. The zero-order valence-electron chi connectivity index (χ0n) is 16.4. The molecule has 1 fully saturated rings. The van der Waals surface area contributed by atoms with Crippen molar-refractivity contribution in [2.24, 2.45) is 0 Å². The van der Waals surface area contributed by atoms with Crippen LogP contribution < -0.4 is 15.8 Å². The number of aromatic amines is 1. The van der Waals surface area contributed by atoms with Gasteiger partial charge in [0.25, 0.3) is 5.56 Å². The topological polar surface area (TPSA) is 105 Å². The maximum Gasteiger partial charge on any atom is 0.252 e. The highest BCUT2D eigenvalue weighted by Gasteiger charge is 2.24. The Bertz CT molecular complexity index is 1090. The molecule has 0 amide bonds. The van der Waals surface area contributed by atoms with E-state index in [0.717, 1.165) is 47.8 Å². The van der Waals surface area contributed by atoms with Crippen LogP contribution in [-0.2, 0) is 22.5 Å². The average molecular weight is 406 g/mol. The van der Waals surface area contributed by atoms with E-state index in [1.165, 1.54) is 12.3 Å². The van der Waals surface area contributed by atoms with Gasteiger partial charge in [0.15, 0.2) is 5.82 Å². The Kier molecular flexibility index (Phi) is 5.12. The molecule has 5 rings (SSSR count). The molecule has 9 heteroatoms. The second-order valence-electron chi connectivity index (χ2n) is 7.18. The van der Waals surface area contributed by atoms with E-state index >= 15 is 0 Å². The lowest BCUT2D eigenvalue weighted by Crippen LogP contribution is -2.38. The van der Waals surface area contributed by atoms with Gasteiger partial charge >= 0.3 is 0 Å². The molecule has 2 aliphatic heterocycles. The quantitative estimate of drug-likeness (QED) is 0.677. The minimum absolute atomic E-state index is 0.203. The number of hydrogen-bond donors (Lipinski definition) is 2. The summed E-state index contributed by atoms with van der Waals surface area (Å²) in [4.78, 5) is 30.2. The Morgan fingerprint density at radius 3 is 2.63 bits per heavy atom. The van der Waals surface area contributed by atoms with Gasteiger partial charge in [-0.2, -0.15) is 0 Å². The zero-order valence-corrected chi connectivity index (χ0v) is 16.4. The number of nitrogens with zero attached hydrogens (tertiary/aromatic N) is 4. The van der Waals surface area contributed by atoms with Crippen molar-refractivity contribution in [1.82, 2.24) is 19.9 Å². The normalized spacial score (nSPS) is 16.2. The van der Waals surface area contributed by atoms with Crippen LogP contribution in [0, 0.1) is 0 Å². The van der Waals surface area contributed by atoms with Gasteiger partial charge in [0.05, 0.1) is 32.1 Å². The Balaban J connectivity index is 1.45. The molecule has 2 N–H and O–H groups in total. The van der Waals surface area contributed by atoms with Crippen molar-refractivity contribution >= 4 is 17.5 Å². The highest BCUT2D eigenvalue weighted by Crippen LogP contribution is 2.29. The predicted octanol–water partition coefficient (Wildman–Crippen LogP) is 1.88. The molecule has 2 aromatic heterocycles. The van der Waals surface area contributed by atoms with Gasteiger partial charge < -0.3 is 19.7 Å². The van der Waals surface area contributed by atoms with Gasteiger partial charge in [-0.15, -0.1) is 0 Å². The lowest BCUT2D eigenvalue weighted by Gasteiger charge is -2.31. The van der Waals surface area contributed by atoms with E-state index in [9.17, 15) is 4.79 Å². The summed E-state index contributed by atoms with van der Waals surface area (Å²) in [7, 11) is 0. The van der Waals surface area contributed by atoms with Crippen LogP contribution in [0.4, 0.5) is 17.5 Å². The molecule has 154 valence electrons. The highest BCUT2D eigenvalue weighted by molar-refractivity contribution is 5.65. The van der Waals surface area contributed by atoms with E-state index in [2.05, 4.69) is 20.2 Å². The Morgan fingerprint density at radius 1 is 1.00 bits per heavy atom. The fraction of sp³-hybridized carbons (Fsp3) is 0.333. The molecule has 9 nitrogen and oxygen atoms in total. The van der Waals surface area contributed by atoms with Gasteiger partial charge in [-0.1, -0.05) is 0 Å². The molecule has 30 heavy (non-hydrogen) atoms. The first kappa shape index (κ1) is 18.7. The van der Waals surface area contributed by atoms with Crippen LogP contribution in [0.5, 0.6) is 0 Å². The smallest absolute Gasteiger partial charge is 0.252 e. The molecule has 3 aromatic rings. The number of hydrogen-bond acceptors (Lipinski definition) is 8. The Labute approximate surface area is 173 Å². The van der Waals surface area contributed by atoms with Crippen LogP contribution >= 0.6 is 0 Å². The molecule has 0 bridgehead atoms. The minimum Gasteiger partial charge on any atom is -0.378 e. The number of rotatable bonds is 4. The van der Waals surface area contributed by atoms with Gasteiger partial charge in [-0.05, 0) is 24.3 Å². The number of morpholine rings is 1. The number of fused-ring (bicyclic) bond motifs is 1. The van der Waals surface area contributed by atoms with E-state index in [1.807, 2.05) is 24.3 Å². The second-order valence-corrected chi connectivity index (χ2v) is 7.18. The Hall–Kier alpha value is -3.30. The molecular weight excluding hydrogens is 384 g/mol. The summed E-state index contributed by atoms with van der Waals surface area (Å²) in [5, 5.41) is 3.09. The molecule has 0 spiro atoms. The zero-order chi connectivity index (χ0) is 20.3. The molecule has 0 saturated carbocycles. The summed E-state index contributed by atoms with van der Waals surface area (Å²) >= 11 is 0. The fourth-order valence-corrected chi connectivity index (χ4v) is 3.65. The van der Waals surface area contributed by atoms with Gasteiger partial charge in [0.2, 0.25) is 5.95 Å². The first-order chi connectivity index (χ1) is 14.8. The summed E-state index contributed by atoms with van der Waals surface area (Å²) in [5.41, 5.74) is 3.68. The van der Waals surface area contributed by atoms with E-state index in [1.54, 1.807) is 0 Å². The molecule has 1 aromatic carbocycles. The van der Waals surface area contributed by atoms with Crippen molar-refractivity contribution in [3.8, 4) is 11.4 Å². The lowest BCUT2D eigenvalue weighted by atomic mass is 10.1. The third-order valence-electron chi connectivity index (χ3n) is 5.19. The highest BCUT2D eigenvalue weighted by atomic mass is 16.5. The van der Waals surface area contributed by atoms with Crippen molar-refractivity contribution in [1.29, 1.82) is 0 Å². The molecule has 2 aliphatic rings. The van der Waals surface area contributed by atoms with Crippen LogP contribution in [-0.4, -0.2) is 52.8 Å². The van der Waals surface area contributed by atoms with Crippen molar-refractivity contribution < 1.29 is 9.47 Å². The van der Waals surface area contributed by atoms with Gasteiger partial charge in [-0.3, -0.25) is 9.78 Å². The third kappa shape index (κ3) is 3.89. The fourth-order valence-electron chi connectivity index (χ4n) is 3.65. The number of benzene rings is 1. The number of ether oxygens (including phenoxy) is 2. The van der Waals surface area contributed by atoms with Crippen molar-refractivity contribution in [3.05, 3.63) is 58.1 Å². The summed E-state index contributed by atoms with van der Waals surface area (Å²) in [6.45, 7) is 4.25. The van der Waals surface area contributed by atoms with Crippen molar-refractivity contribution in [2.75, 3.05) is 43.1 Å². The largest absolute Gasteiger partial charge is 0.378 e. The van der Waals surface area contributed by atoms with Crippen LogP contribution in [0.2, 0.25) is 0 Å². The monoisotopic (exact) mass is 406 g/mol. The SMILES string of the molecule is O=c1ccnc(Nc2ccc(-c3nc4c(c(N5CCOCC5)n3)COCC4)cc2)[nH]1. The van der Waals surface area contributed by atoms with Gasteiger partial charge in [0, 0.05) is 48.6 Å². The first-order valence-electron chi connectivity index (χ1n) is 9.99. The first-order valence-corrected chi connectivity index (χ1v) is 9.99. The van der Waals surface area contributed by atoms with Crippen LogP contribution in [0.1, 0.15) is 11.3 Å². The summed E-state index contributed by atoms with van der Waals surface area (Å²) < 4.78 is 11.2. The summed E-state index contributed by atoms with van der Waals surface area (Å²) in [6, 6.07) is 9.14. The molecule has 0 unspecified atom stereocenters. The van der Waals surface area contributed by atoms with Gasteiger partial charge in [-0.25, -0.2) is 15.0 Å². The van der Waals surface area contributed by atoms with Crippen LogP contribution in [0.15, 0.2) is 41.3 Å². The maximum absolute atomic E-state index is 11.4. The van der Waals surface area contributed by atoms with Crippen LogP contribution in [0.3, 0.4) is 0 Å². The summed E-state index contributed by atoms with van der Waals surface area (Å²) in [5.74, 6) is 2.05. The van der Waals surface area contributed by atoms with Crippen molar-refractivity contribution in [2.45, 2.75) is 13.0 Å². The predicted molar refractivity (Wildman–Crippen MR) is 112 cm³/mol. The number of aromatic nitrogens is 4. The minimum atomic E-state index is -0.203. The molecule has 0 aliphatic carbocycles. The van der Waals surface area contributed by atoms with Crippen LogP contribution in [0.25, 0.3) is 11.4 Å². The maximum atomic E-state index is 11.4.